The maximum absolute atomic E-state index is 5.25. The van der Waals surface area contributed by atoms with Gasteiger partial charge in [0, 0.05) is 25.7 Å². The van der Waals surface area contributed by atoms with Gasteiger partial charge in [0.05, 0.1) is 0 Å². The van der Waals surface area contributed by atoms with Crippen LogP contribution < -0.4 is 5.84 Å². The molecule has 0 unspecified atom stereocenters. The van der Waals surface area contributed by atoms with E-state index in [4.69, 9.17) is 5.84 Å². The number of rotatable bonds is 3. The predicted molar refractivity (Wildman–Crippen MR) is 39.9 cm³/mol. The van der Waals surface area contributed by atoms with Gasteiger partial charge in [0.15, 0.2) is 0 Å². The molecule has 0 aliphatic carbocycles. The van der Waals surface area contributed by atoms with Gasteiger partial charge in [-0.2, -0.15) is 0 Å². The Bertz CT molecular complexity index is 105. The Labute approximate surface area is 55.8 Å². The van der Waals surface area contributed by atoms with E-state index in [1.165, 1.54) is 5.01 Å². The Hall–Kier alpha value is -0.830. The first-order valence-corrected chi connectivity index (χ1v) is 2.93. The van der Waals surface area contributed by atoms with Gasteiger partial charge in [0.2, 0.25) is 0 Å². The van der Waals surface area contributed by atoms with Gasteiger partial charge < -0.3 is 5.01 Å². The third-order valence-electron chi connectivity index (χ3n) is 0.676. The van der Waals surface area contributed by atoms with E-state index >= 15 is 0 Å². The number of aliphatic imine (C=N–C) groups is 1. The summed E-state index contributed by atoms with van der Waals surface area (Å²) >= 11 is 0. The summed E-state index contributed by atoms with van der Waals surface area (Å²) in [6, 6.07) is 0. The van der Waals surface area contributed by atoms with Crippen LogP contribution in [0, 0.1) is 0 Å². The molecule has 3 nitrogen and oxygen atoms in total. The van der Waals surface area contributed by atoms with Gasteiger partial charge in [0.25, 0.3) is 0 Å². The Kier molecular flexibility index (Phi) is 4.82. The van der Waals surface area contributed by atoms with Gasteiger partial charge >= 0.3 is 0 Å². The van der Waals surface area contributed by atoms with E-state index < -0.39 is 0 Å². The molecule has 0 bridgehead atoms. The average Bonchev–Trinajstić information content (AvgIpc) is 1.80. The standard InChI is InChI=1S/C6H13N3/c1-3-4-8-5-6-9(2)7/h4-6H,3,7H2,1-2H3/b6-5-,8-4-. The van der Waals surface area contributed by atoms with Crippen molar-refractivity contribution in [1.29, 1.82) is 0 Å². The van der Waals surface area contributed by atoms with E-state index in [-0.39, 0.29) is 0 Å². The van der Waals surface area contributed by atoms with Crippen molar-refractivity contribution in [1.82, 2.24) is 5.01 Å². The quantitative estimate of drug-likeness (QED) is 0.345. The first-order valence-electron chi connectivity index (χ1n) is 2.93. The molecule has 0 saturated carbocycles. The summed E-state index contributed by atoms with van der Waals surface area (Å²) in [4.78, 5) is 3.90. The third-order valence-corrected chi connectivity index (χ3v) is 0.676. The highest BCUT2D eigenvalue weighted by Gasteiger charge is 1.70. The zero-order chi connectivity index (χ0) is 7.11. The molecule has 0 aromatic rings. The molecule has 52 valence electrons. The molecule has 2 N–H and O–H groups in total. The van der Waals surface area contributed by atoms with Crippen molar-refractivity contribution >= 4 is 6.21 Å². The van der Waals surface area contributed by atoms with E-state index in [2.05, 4.69) is 4.99 Å². The topological polar surface area (TPSA) is 41.6 Å². The minimum absolute atomic E-state index is 0.957. The van der Waals surface area contributed by atoms with Crippen LogP contribution in [0.2, 0.25) is 0 Å². The molecule has 0 amide bonds. The van der Waals surface area contributed by atoms with Gasteiger partial charge in [-0.1, -0.05) is 6.92 Å². The summed E-state index contributed by atoms with van der Waals surface area (Å²) in [6.07, 6.45) is 6.12. The molecule has 0 saturated heterocycles. The van der Waals surface area contributed by atoms with Gasteiger partial charge in [-0.3, -0.25) is 4.99 Å². The number of hydrazine groups is 1. The number of nitrogens with two attached hydrogens (primary N) is 1. The second-order valence-corrected chi connectivity index (χ2v) is 1.70. The third kappa shape index (κ3) is 7.17. The van der Waals surface area contributed by atoms with Crippen LogP contribution in [-0.2, 0) is 0 Å². The van der Waals surface area contributed by atoms with Crippen LogP contribution in [0.15, 0.2) is 17.4 Å². The van der Waals surface area contributed by atoms with Crippen molar-refractivity contribution in [2.45, 2.75) is 13.3 Å². The van der Waals surface area contributed by atoms with Crippen molar-refractivity contribution in [2.24, 2.45) is 10.8 Å². The van der Waals surface area contributed by atoms with E-state index in [0.717, 1.165) is 6.42 Å². The van der Waals surface area contributed by atoms with Crippen molar-refractivity contribution in [3.63, 3.8) is 0 Å². The highest BCUT2D eigenvalue weighted by Crippen LogP contribution is 1.75. The number of hydrogen-bond donors (Lipinski definition) is 1. The van der Waals surface area contributed by atoms with Crippen LogP contribution in [0.4, 0.5) is 0 Å². The fourth-order valence-electron chi connectivity index (χ4n) is 0.310. The predicted octanol–water partition coefficient (Wildman–Crippen LogP) is 0.744. The van der Waals surface area contributed by atoms with Crippen LogP contribution in [-0.4, -0.2) is 18.3 Å². The highest BCUT2D eigenvalue weighted by molar-refractivity contribution is 5.57. The molecule has 0 aliphatic heterocycles. The zero-order valence-electron chi connectivity index (χ0n) is 5.91. The summed E-state index contributed by atoms with van der Waals surface area (Å²) in [5.41, 5.74) is 0. The molecule has 0 heterocycles. The molecule has 3 heteroatoms. The highest BCUT2D eigenvalue weighted by atomic mass is 15.4. The lowest BCUT2D eigenvalue weighted by atomic mass is 10.5. The van der Waals surface area contributed by atoms with Crippen molar-refractivity contribution in [2.75, 3.05) is 7.05 Å². The molecule has 9 heavy (non-hydrogen) atoms. The second-order valence-electron chi connectivity index (χ2n) is 1.70. The maximum atomic E-state index is 5.25. The first-order chi connectivity index (χ1) is 4.27. The number of hydrogen-bond acceptors (Lipinski definition) is 3. The lowest BCUT2D eigenvalue weighted by Crippen LogP contribution is -2.18. The van der Waals surface area contributed by atoms with Crippen molar-refractivity contribution in [3.8, 4) is 0 Å². The van der Waals surface area contributed by atoms with Crippen LogP contribution >= 0.6 is 0 Å². The van der Waals surface area contributed by atoms with E-state index in [9.17, 15) is 0 Å². The fourth-order valence-corrected chi connectivity index (χ4v) is 0.310. The van der Waals surface area contributed by atoms with Gasteiger partial charge in [-0.05, 0) is 6.42 Å². The SMILES string of the molecule is CC/C=N\C=C/N(C)N. The molecule has 0 aromatic carbocycles. The monoisotopic (exact) mass is 127 g/mol. The molecule has 0 radical (unpaired) electrons. The molecular weight excluding hydrogens is 114 g/mol. The van der Waals surface area contributed by atoms with Crippen molar-refractivity contribution < 1.29 is 0 Å². The van der Waals surface area contributed by atoms with Crippen LogP contribution in [0.3, 0.4) is 0 Å². The first kappa shape index (κ1) is 8.17. The minimum atomic E-state index is 0.957. The summed E-state index contributed by atoms with van der Waals surface area (Å²) in [5, 5.41) is 1.45. The minimum Gasteiger partial charge on any atom is -0.320 e. The molecule has 0 aromatic heterocycles. The van der Waals surface area contributed by atoms with Crippen LogP contribution in [0.1, 0.15) is 13.3 Å². The molecule has 0 spiro atoms. The Morgan fingerprint density at radius 2 is 2.33 bits per heavy atom. The normalized spacial score (nSPS) is 11.4. The van der Waals surface area contributed by atoms with Gasteiger partial charge in [-0.15, -0.1) is 0 Å². The Morgan fingerprint density at radius 1 is 1.67 bits per heavy atom. The largest absolute Gasteiger partial charge is 0.320 e. The Morgan fingerprint density at radius 3 is 2.78 bits per heavy atom. The molecular formula is C6H13N3. The Balaban J connectivity index is 3.35. The molecule has 0 fully saturated rings. The maximum Gasteiger partial charge on any atom is 0.0437 e. The fraction of sp³-hybridized carbons (Fsp3) is 0.500. The summed E-state index contributed by atoms with van der Waals surface area (Å²) in [7, 11) is 1.75. The molecule has 0 rings (SSSR count). The lowest BCUT2D eigenvalue weighted by Gasteiger charge is -1.99. The second kappa shape index (κ2) is 5.31. The molecule has 0 aliphatic rings. The lowest BCUT2D eigenvalue weighted by molar-refractivity contribution is 0.484. The zero-order valence-corrected chi connectivity index (χ0v) is 5.91. The van der Waals surface area contributed by atoms with E-state index in [0.29, 0.717) is 0 Å². The smallest absolute Gasteiger partial charge is 0.0437 e. The van der Waals surface area contributed by atoms with E-state index in [1.807, 2.05) is 13.1 Å². The van der Waals surface area contributed by atoms with Crippen LogP contribution in [0.25, 0.3) is 0 Å². The van der Waals surface area contributed by atoms with Crippen LogP contribution in [0.5, 0.6) is 0 Å². The number of nitrogens with zero attached hydrogens (tertiary/aromatic N) is 2. The average molecular weight is 127 g/mol. The van der Waals surface area contributed by atoms with E-state index in [1.54, 1.807) is 19.4 Å². The van der Waals surface area contributed by atoms with Gasteiger partial charge in [0.1, 0.15) is 0 Å². The van der Waals surface area contributed by atoms with Crippen molar-refractivity contribution in [3.05, 3.63) is 12.4 Å². The summed E-state index contributed by atoms with van der Waals surface area (Å²) in [6.45, 7) is 2.03. The van der Waals surface area contributed by atoms with Gasteiger partial charge in [-0.25, -0.2) is 5.84 Å². The summed E-state index contributed by atoms with van der Waals surface area (Å²) in [5.74, 6) is 5.25. The molecule has 0 atom stereocenters. The summed E-state index contributed by atoms with van der Waals surface area (Å²) < 4.78 is 0.